The second-order valence-corrected chi connectivity index (χ2v) is 4.22. The van der Waals surface area contributed by atoms with Crippen molar-refractivity contribution in [2.24, 2.45) is 5.92 Å². The molecule has 0 aliphatic heterocycles. The molecule has 15 heavy (non-hydrogen) atoms. The van der Waals surface area contributed by atoms with Gasteiger partial charge in [0.05, 0.1) is 18.1 Å². The van der Waals surface area contributed by atoms with Crippen LogP contribution in [0.25, 0.3) is 0 Å². The highest BCUT2D eigenvalue weighted by Crippen LogP contribution is 2.35. The molecule has 78 valence electrons. The van der Waals surface area contributed by atoms with Gasteiger partial charge in [0.25, 0.3) is 0 Å². The lowest BCUT2D eigenvalue weighted by Crippen LogP contribution is -2.27. The van der Waals surface area contributed by atoms with Crippen molar-refractivity contribution >= 4 is 0 Å². The number of rotatable bonds is 1. The van der Waals surface area contributed by atoms with Crippen LogP contribution in [0.15, 0.2) is 30.3 Å². The predicted molar refractivity (Wildman–Crippen MR) is 58.1 cm³/mol. The van der Waals surface area contributed by atoms with E-state index in [4.69, 9.17) is 5.26 Å². The molecule has 1 aromatic rings. The van der Waals surface area contributed by atoms with Gasteiger partial charge >= 0.3 is 0 Å². The monoisotopic (exact) mass is 201 g/mol. The molecule has 1 aliphatic carbocycles. The zero-order valence-corrected chi connectivity index (χ0v) is 8.63. The van der Waals surface area contributed by atoms with Crippen molar-refractivity contribution in [2.45, 2.75) is 31.3 Å². The van der Waals surface area contributed by atoms with Gasteiger partial charge in [-0.25, -0.2) is 0 Å². The third kappa shape index (κ3) is 2.19. The van der Waals surface area contributed by atoms with Crippen LogP contribution in [-0.4, -0.2) is 11.2 Å². The highest BCUT2D eigenvalue weighted by molar-refractivity contribution is 5.20. The van der Waals surface area contributed by atoms with Crippen LogP contribution < -0.4 is 0 Å². The summed E-state index contributed by atoms with van der Waals surface area (Å²) in [5.41, 5.74) is 1.29. The van der Waals surface area contributed by atoms with Crippen LogP contribution in [0, 0.1) is 17.2 Å². The molecule has 1 fully saturated rings. The molecular weight excluding hydrogens is 186 g/mol. The fourth-order valence-corrected chi connectivity index (χ4v) is 2.33. The largest absolute Gasteiger partial charge is 0.392 e. The molecule has 1 N–H and O–H groups in total. The van der Waals surface area contributed by atoms with Crippen LogP contribution >= 0.6 is 0 Å². The van der Waals surface area contributed by atoms with Crippen molar-refractivity contribution < 1.29 is 5.11 Å². The molecule has 0 saturated heterocycles. The average molecular weight is 201 g/mol. The highest BCUT2D eigenvalue weighted by atomic mass is 16.3. The minimum atomic E-state index is -0.450. The molecule has 1 saturated carbocycles. The minimum Gasteiger partial charge on any atom is -0.392 e. The standard InChI is InChI=1S/C13H15NO/c14-9-12-7-6-11(8-13(12)15)10-4-2-1-3-5-10/h1-5,11-13,15H,6-8H2. The van der Waals surface area contributed by atoms with Gasteiger partial charge in [0.2, 0.25) is 0 Å². The Bertz CT molecular complexity index is 355. The molecule has 2 heteroatoms. The Kier molecular flexibility index (Phi) is 3.03. The molecule has 0 heterocycles. The molecule has 3 atom stereocenters. The summed E-state index contributed by atoms with van der Waals surface area (Å²) in [5.74, 6) is 0.260. The zero-order chi connectivity index (χ0) is 10.7. The van der Waals surface area contributed by atoms with Crippen molar-refractivity contribution in [1.82, 2.24) is 0 Å². The first kappa shape index (κ1) is 10.2. The van der Waals surface area contributed by atoms with E-state index in [0.717, 1.165) is 19.3 Å². The van der Waals surface area contributed by atoms with Crippen LogP contribution in [0.1, 0.15) is 30.7 Å². The Hall–Kier alpha value is -1.33. The van der Waals surface area contributed by atoms with Crippen molar-refractivity contribution in [3.05, 3.63) is 35.9 Å². The molecule has 0 amide bonds. The quantitative estimate of drug-likeness (QED) is 0.758. The Morgan fingerprint density at radius 3 is 2.53 bits per heavy atom. The molecule has 2 rings (SSSR count). The number of hydrogen-bond donors (Lipinski definition) is 1. The zero-order valence-electron chi connectivity index (χ0n) is 8.63. The number of hydrogen-bond acceptors (Lipinski definition) is 2. The lowest BCUT2D eigenvalue weighted by atomic mass is 9.77. The van der Waals surface area contributed by atoms with Crippen LogP contribution in [0.5, 0.6) is 0 Å². The first-order chi connectivity index (χ1) is 7.31. The molecule has 2 nitrogen and oxygen atoms in total. The molecule has 0 bridgehead atoms. The van der Waals surface area contributed by atoms with E-state index in [2.05, 4.69) is 18.2 Å². The van der Waals surface area contributed by atoms with Gasteiger partial charge in [0.1, 0.15) is 0 Å². The van der Waals surface area contributed by atoms with Crippen molar-refractivity contribution in [3.8, 4) is 6.07 Å². The van der Waals surface area contributed by atoms with E-state index < -0.39 is 6.10 Å². The van der Waals surface area contributed by atoms with Crippen molar-refractivity contribution in [3.63, 3.8) is 0 Å². The number of nitrogens with zero attached hydrogens (tertiary/aromatic N) is 1. The van der Waals surface area contributed by atoms with E-state index in [-0.39, 0.29) is 5.92 Å². The summed E-state index contributed by atoms with van der Waals surface area (Å²) in [5, 5.41) is 18.6. The van der Waals surface area contributed by atoms with Crippen molar-refractivity contribution in [1.29, 1.82) is 5.26 Å². The maximum Gasteiger partial charge on any atom is 0.0723 e. The second-order valence-electron chi connectivity index (χ2n) is 4.22. The van der Waals surface area contributed by atoms with E-state index in [1.54, 1.807) is 0 Å². The predicted octanol–water partition coefficient (Wildman–Crippen LogP) is 2.45. The normalized spacial score (nSPS) is 30.8. The number of aliphatic hydroxyl groups is 1. The summed E-state index contributed by atoms with van der Waals surface area (Å²) in [6, 6.07) is 12.4. The van der Waals surface area contributed by atoms with Crippen LogP contribution in [0.4, 0.5) is 0 Å². The Balaban J connectivity index is 2.07. The Morgan fingerprint density at radius 2 is 1.93 bits per heavy atom. The molecule has 1 aromatic carbocycles. The Morgan fingerprint density at radius 1 is 1.20 bits per heavy atom. The first-order valence-electron chi connectivity index (χ1n) is 5.44. The number of benzene rings is 1. The molecule has 3 unspecified atom stereocenters. The van der Waals surface area contributed by atoms with Crippen molar-refractivity contribution in [2.75, 3.05) is 0 Å². The van der Waals surface area contributed by atoms with Gasteiger partial charge < -0.3 is 5.11 Å². The van der Waals surface area contributed by atoms with Crippen LogP contribution in [-0.2, 0) is 0 Å². The summed E-state index contributed by atoms with van der Waals surface area (Å²) < 4.78 is 0. The van der Waals surface area contributed by atoms with Gasteiger partial charge in [0, 0.05) is 0 Å². The van der Waals surface area contributed by atoms with Gasteiger partial charge in [-0.15, -0.1) is 0 Å². The highest BCUT2D eigenvalue weighted by Gasteiger charge is 2.29. The molecular formula is C13H15NO. The van der Waals surface area contributed by atoms with Crippen LogP contribution in [0.3, 0.4) is 0 Å². The van der Waals surface area contributed by atoms with E-state index in [0.29, 0.717) is 5.92 Å². The molecule has 1 aliphatic rings. The smallest absolute Gasteiger partial charge is 0.0723 e. The molecule has 0 aromatic heterocycles. The lowest BCUT2D eigenvalue weighted by molar-refractivity contribution is 0.0859. The fourth-order valence-electron chi connectivity index (χ4n) is 2.33. The summed E-state index contributed by atoms with van der Waals surface area (Å²) >= 11 is 0. The third-order valence-corrected chi connectivity index (χ3v) is 3.25. The fraction of sp³-hybridized carbons (Fsp3) is 0.462. The third-order valence-electron chi connectivity index (χ3n) is 3.25. The average Bonchev–Trinajstić information content (AvgIpc) is 2.30. The number of aliphatic hydroxyl groups excluding tert-OH is 1. The lowest BCUT2D eigenvalue weighted by Gasteiger charge is -2.29. The van der Waals surface area contributed by atoms with E-state index in [1.807, 2.05) is 18.2 Å². The van der Waals surface area contributed by atoms with E-state index in [1.165, 1.54) is 5.56 Å². The maximum absolute atomic E-state index is 9.78. The summed E-state index contributed by atoms with van der Waals surface area (Å²) in [7, 11) is 0. The van der Waals surface area contributed by atoms with Crippen LogP contribution in [0.2, 0.25) is 0 Å². The topological polar surface area (TPSA) is 44.0 Å². The van der Waals surface area contributed by atoms with Gasteiger partial charge in [-0.05, 0) is 30.7 Å². The summed E-state index contributed by atoms with van der Waals surface area (Å²) in [4.78, 5) is 0. The van der Waals surface area contributed by atoms with Gasteiger partial charge in [-0.1, -0.05) is 30.3 Å². The molecule has 0 spiro atoms. The van der Waals surface area contributed by atoms with Gasteiger partial charge in [-0.3, -0.25) is 0 Å². The van der Waals surface area contributed by atoms with E-state index in [9.17, 15) is 5.11 Å². The molecule has 0 radical (unpaired) electrons. The summed E-state index contributed by atoms with van der Waals surface area (Å²) in [6.45, 7) is 0. The maximum atomic E-state index is 9.78. The first-order valence-corrected chi connectivity index (χ1v) is 5.44. The summed E-state index contributed by atoms with van der Waals surface area (Å²) in [6.07, 6.45) is 2.10. The Labute approximate surface area is 90.2 Å². The minimum absolute atomic E-state index is 0.162. The number of nitriles is 1. The van der Waals surface area contributed by atoms with Gasteiger partial charge in [-0.2, -0.15) is 5.26 Å². The second kappa shape index (κ2) is 4.46. The van der Waals surface area contributed by atoms with Gasteiger partial charge in [0.15, 0.2) is 0 Å². The van der Waals surface area contributed by atoms with E-state index >= 15 is 0 Å². The SMILES string of the molecule is N#CC1CCC(c2ccccc2)CC1O.